The lowest BCUT2D eigenvalue weighted by Gasteiger charge is -2.29. The first-order chi connectivity index (χ1) is 8.40. The molecule has 0 saturated carbocycles. The van der Waals surface area contributed by atoms with Crippen LogP contribution in [0.4, 0.5) is 8.78 Å². The highest BCUT2D eigenvalue weighted by Gasteiger charge is 2.31. The van der Waals surface area contributed by atoms with Gasteiger partial charge in [-0.2, -0.15) is 0 Å². The minimum Gasteiger partial charge on any atom is -0.479 e. The van der Waals surface area contributed by atoms with Crippen LogP contribution in [-0.4, -0.2) is 28.4 Å². The molecule has 0 fully saturated rings. The SMILES string of the molecule is CC(C)N(C=O)C(C(=O)O)c1cccc(F)c1F. The summed E-state index contributed by atoms with van der Waals surface area (Å²) in [5, 5.41) is 9.10. The largest absolute Gasteiger partial charge is 0.479 e. The number of rotatable bonds is 5. The summed E-state index contributed by atoms with van der Waals surface area (Å²) in [5.74, 6) is -3.81. The maximum absolute atomic E-state index is 13.6. The van der Waals surface area contributed by atoms with Crippen molar-refractivity contribution >= 4 is 12.4 Å². The van der Waals surface area contributed by atoms with Gasteiger partial charge in [0.1, 0.15) is 0 Å². The van der Waals surface area contributed by atoms with Gasteiger partial charge in [0.25, 0.3) is 0 Å². The number of amides is 1. The topological polar surface area (TPSA) is 57.6 Å². The van der Waals surface area contributed by atoms with Crippen molar-refractivity contribution in [3.8, 4) is 0 Å². The first-order valence-corrected chi connectivity index (χ1v) is 5.29. The highest BCUT2D eigenvalue weighted by Crippen LogP contribution is 2.25. The van der Waals surface area contributed by atoms with Gasteiger partial charge in [-0.25, -0.2) is 13.6 Å². The second kappa shape index (κ2) is 5.57. The molecule has 1 atom stereocenters. The van der Waals surface area contributed by atoms with Gasteiger partial charge in [-0.05, 0) is 19.9 Å². The molecule has 0 aromatic heterocycles. The molecule has 1 amide bonds. The predicted octanol–water partition coefficient (Wildman–Crippen LogP) is 1.96. The summed E-state index contributed by atoms with van der Waals surface area (Å²) in [7, 11) is 0. The molecular formula is C12H13F2NO3. The van der Waals surface area contributed by atoms with Crippen molar-refractivity contribution in [3.05, 3.63) is 35.4 Å². The van der Waals surface area contributed by atoms with Gasteiger partial charge in [0.05, 0.1) is 0 Å². The van der Waals surface area contributed by atoms with E-state index in [9.17, 15) is 18.4 Å². The van der Waals surface area contributed by atoms with Crippen LogP contribution in [0.3, 0.4) is 0 Å². The third kappa shape index (κ3) is 2.64. The number of carbonyl (C=O) groups excluding carboxylic acids is 1. The Labute approximate surface area is 103 Å². The Kier molecular flexibility index (Phi) is 4.36. The summed E-state index contributed by atoms with van der Waals surface area (Å²) in [6.07, 6.45) is 0.313. The highest BCUT2D eigenvalue weighted by atomic mass is 19.2. The van der Waals surface area contributed by atoms with Crippen molar-refractivity contribution in [2.45, 2.75) is 25.9 Å². The average molecular weight is 257 g/mol. The quantitative estimate of drug-likeness (QED) is 0.820. The molecule has 18 heavy (non-hydrogen) atoms. The highest BCUT2D eigenvalue weighted by molar-refractivity contribution is 5.78. The second-order valence-electron chi connectivity index (χ2n) is 4.03. The Balaban J connectivity index is 3.32. The third-order valence-corrected chi connectivity index (χ3v) is 2.53. The van der Waals surface area contributed by atoms with Gasteiger partial charge >= 0.3 is 5.97 Å². The van der Waals surface area contributed by atoms with E-state index in [-0.39, 0.29) is 5.56 Å². The molecule has 98 valence electrons. The number of halogens is 2. The molecule has 0 saturated heterocycles. The molecule has 1 N–H and O–H groups in total. The molecule has 0 heterocycles. The number of benzene rings is 1. The molecule has 4 nitrogen and oxygen atoms in total. The molecule has 0 bridgehead atoms. The second-order valence-corrected chi connectivity index (χ2v) is 4.03. The van der Waals surface area contributed by atoms with E-state index in [1.54, 1.807) is 13.8 Å². The summed E-state index contributed by atoms with van der Waals surface area (Å²) >= 11 is 0. The van der Waals surface area contributed by atoms with Crippen LogP contribution in [0, 0.1) is 11.6 Å². The fourth-order valence-electron chi connectivity index (χ4n) is 1.63. The van der Waals surface area contributed by atoms with Crippen molar-refractivity contribution in [1.82, 2.24) is 4.90 Å². The normalized spacial score (nSPS) is 12.3. The molecule has 6 heteroatoms. The van der Waals surface area contributed by atoms with Crippen LogP contribution in [-0.2, 0) is 9.59 Å². The molecule has 0 spiro atoms. The maximum atomic E-state index is 13.6. The van der Waals surface area contributed by atoms with Gasteiger partial charge in [0.15, 0.2) is 17.7 Å². The van der Waals surface area contributed by atoms with E-state index < -0.39 is 29.7 Å². The summed E-state index contributed by atoms with van der Waals surface area (Å²) in [6.45, 7) is 3.17. The number of hydrogen-bond acceptors (Lipinski definition) is 2. The smallest absolute Gasteiger partial charge is 0.331 e. The Morgan fingerprint density at radius 2 is 2.00 bits per heavy atom. The lowest BCUT2D eigenvalue weighted by Crippen LogP contribution is -2.38. The Morgan fingerprint density at radius 1 is 1.39 bits per heavy atom. The molecule has 0 aliphatic rings. The van der Waals surface area contributed by atoms with Crippen molar-refractivity contribution in [1.29, 1.82) is 0 Å². The molecule has 1 unspecified atom stereocenters. The first kappa shape index (κ1) is 14.1. The molecule has 0 aliphatic heterocycles. The van der Waals surface area contributed by atoms with E-state index >= 15 is 0 Å². The number of nitrogens with zero attached hydrogens (tertiary/aromatic N) is 1. The van der Waals surface area contributed by atoms with Gasteiger partial charge < -0.3 is 10.0 Å². The van der Waals surface area contributed by atoms with Crippen LogP contribution < -0.4 is 0 Å². The molecule has 1 rings (SSSR count). The summed E-state index contributed by atoms with van der Waals surface area (Å²) in [4.78, 5) is 23.0. The molecule has 1 aromatic carbocycles. The van der Waals surface area contributed by atoms with Crippen LogP contribution in [0.25, 0.3) is 0 Å². The van der Waals surface area contributed by atoms with Crippen LogP contribution in [0.15, 0.2) is 18.2 Å². The zero-order chi connectivity index (χ0) is 13.9. The Morgan fingerprint density at radius 3 is 2.44 bits per heavy atom. The number of aliphatic carboxylic acids is 1. The van der Waals surface area contributed by atoms with E-state index in [0.717, 1.165) is 17.0 Å². The third-order valence-electron chi connectivity index (χ3n) is 2.53. The fourth-order valence-corrected chi connectivity index (χ4v) is 1.63. The van der Waals surface area contributed by atoms with E-state index in [0.29, 0.717) is 6.41 Å². The number of carboxylic acids is 1. The molecule has 0 radical (unpaired) electrons. The standard InChI is InChI=1S/C12H13F2NO3/c1-7(2)15(6-16)11(12(17)18)8-4-3-5-9(13)10(8)14/h3-7,11H,1-2H3,(H,17,18). The van der Waals surface area contributed by atoms with Crippen molar-refractivity contribution < 1.29 is 23.5 Å². The van der Waals surface area contributed by atoms with E-state index in [1.165, 1.54) is 6.07 Å². The summed E-state index contributed by atoms with van der Waals surface area (Å²) in [5.41, 5.74) is -0.372. The van der Waals surface area contributed by atoms with Gasteiger partial charge in [0.2, 0.25) is 6.41 Å². The van der Waals surface area contributed by atoms with Gasteiger partial charge in [-0.15, -0.1) is 0 Å². The Bertz CT molecular complexity index is 463. The van der Waals surface area contributed by atoms with E-state index in [4.69, 9.17) is 5.11 Å². The predicted molar refractivity (Wildman–Crippen MR) is 59.8 cm³/mol. The Hall–Kier alpha value is -1.98. The number of carboxylic acid groups (broad SMARTS) is 1. The van der Waals surface area contributed by atoms with Gasteiger partial charge in [-0.1, -0.05) is 12.1 Å². The minimum atomic E-state index is -1.54. The van der Waals surface area contributed by atoms with Crippen molar-refractivity contribution in [3.63, 3.8) is 0 Å². The van der Waals surface area contributed by atoms with Crippen molar-refractivity contribution in [2.75, 3.05) is 0 Å². The van der Waals surface area contributed by atoms with E-state index in [1.807, 2.05) is 0 Å². The molecule has 0 aliphatic carbocycles. The first-order valence-electron chi connectivity index (χ1n) is 5.29. The summed E-state index contributed by atoms with van der Waals surface area (Å²) in [6, 6.07) is 1.24. The van der Waals surface area contributed by atoms with E-state index in [2.05, 4.69) is 0 Å². The van der Waals surface area contributed by atoms with Gasteiger partial charge in [-0.3, -0.25) is 4.79 Å². The summed E-state index contributed by atoms with van der Waals surface area (Å²) < 4.78 is 26.7. The molecule has 1 aromatic rings. The lowest BCUT2D eigenvalue weighted by molar-refractivity contribution is -0.148. The lowest BCUT2D eigenvalue weighted by atomic mass is 10.0. The zero-order valence-electron chi connectivity index (χ0n) is 9.93. The van der Waals surface area contributed by atoms with Gasteiger partial charge in [0, 0.05) is 11.6 Å². The van der Waals surface area contributed by atoms with Crippen LogP contribution in [0.5, 0.6) is 0 Å². The monoisotopic (exact) mass is 257 g/mol. The number of hydrogen-bond donors (Lipinski definition) is 1. The minimum absolute atomic E-state index is 0.313. The van der Waals surface area contributed by atoms with Crippen LogP contribution >= 0.6 is 0 Å². The van der Waals surface area contributed by atoms with Crippen molar-refractivity contribution in [2.24, 2.45) is 0 Å². The average Bonchev–Trinajstić information content (AvgIpc) is 2.29. The fraction of sp³-hybridized carbons (Fsp3) is 0.333. The van der Waals surface area contributed by atoms with Crippen LogP contribution in [0.1, 0.15) is 25.5 Å². The number of carbonyl (C=O) groups is 2. The van der Waals surface area contributed by atoms with Crippen LogP contribution in [0.2, 0.25) is 0 Å². The molecular weight excluding hydrogens is 244 g/mol. The maximum Gasteiger partial charge on any atom is 0.331 e. The zero-order valence-corrected chi connectivity index (χ0v) is 9.93.